The lowest BCUT2D eigenvalue weighted by atomic mass is 9.92. The van der Waals surface area contributed by atoms with Crippen molar-refractivity contribution in [2.24, 2.45) is 10.9 Å². The lowest BCUT2D eigenvalue weighted by Crippen LogP contribution is -2.14. The van der Waals surface area contributed by atoms with E-state index in [1.54, 1.807) is 6.20 Å². The second-order valence-corrected chi connectivity index (χ2v) is 7.77. The topological polar surface area (TPSA) is 49.0 Å². The van der Waals surface area contributed by atoms with E-state index in [4.69, 9.17) is 11.6 Å². The number of aryl methyl sites for hydroxylation is 1. The molecule has 0 amide bonds. The molecule has 0 radical (unpaired) electrons. The molecule has 29 heavy (non-hydrogen) atoms. The van der Waals surface area contributed by atoms with Crippen LogP contribution in [0.15, 0.2) is 42.1 Å². The summed E-state index contributed by atoms with van der Waals surface area (Å²) in [6.07, 6.45) is 8.67. The Bertz CT molecular complexity index is 956. The number of halogens is 1. The first-order valence-electron chi connectivity index (χ1n) is 9.67. The van der Waals surface area contributed by atoms with Crippen molar-refractivity contribution in [3.8, 4) is 0 Å². The van der Waals surface area contributed by atoms with Crippen LogP contribution in [-0.4, -0.2) is 45.2 Å². The van der Waals surface area contributed by atoms with Gasteiger partial charge in [0, 0.05) is 50.2 Å². The predicted molar refractivity (Wildman–Crippen MR) is 123 cm³/mol. The second kappa shape index (κ2) is 9.74. The van der Waals surface area contributed by atoms with Crippen molar-refractivity contribution in [2.45, 2.75) is 40.7 Å². The van der Waals surface area contributed by atoms with Crippen molar-refractivity contribution in [1.29, 1.82) is 0 Å². The maximum atomic E-state index is 6.56. The minimum absolute atomic E-state index is 0.377. The molecule has 0 spiro atoms. The SMILES string of the molecule is C=N/C=C\N(C)Cc1nc(Cl)c2c(C)c(/C(=C/N(C)C(=C)C)C(C)CC)cn2n1. The van der Waals surface area contributed by atoms with Gasteiger partial charge in [0.25, 0.3) is 0 Å². The van der Waals surface area contributed by atoms with Crippen molar-refractivity contribution in [2.75, 3.05) is 14.1 Å². The van der Waals surface area contributed by atoms with Gasteiger partial charge < -0.3 is 9.80 Å². The van der Waals surface area contributed by atoms with Crippen molar-refractivity contribution < 1.29 is 0 Å². The molecule has 0 bridgehead atoms. The van der Waals surface area contributed by atoms with Gasteiger partial charge in [-0.3, -0.25) is 4.99 Å². The highest BCUT2D eigenvalue weighted by molar-refractivity contribution is 6.32. The van der Waals surface area contributed by atoms with Crippen LogP contribution in [0.1, 0.15) is 44.1 Å². The summed E-state index contributed by atoms with van der Waals surface area (Å²) in [6, 6.07) is 0. The normalized spacial score (nSPS) is 13.1. The molecule has 7 heteroatoms. The lowest BCUT2D eigenvalue weighted by molar-refractivity contribution is 0.431. The van der Waals surface area contributed by atoms with Crippen molar-refractivity contribution in [1.82, 2.24) is 24.4 Å². The number of allylic oxidation sites excluding steroid dienone is 2. The minimum atomic E-state index is 0.377. The Morgan fingerprint density at radius 1 is 1.41 bits per heavy atom. The maximum absolute atomic E-state index is 6.56. The van der Waals surface area contributed by atoms with E-state index >= 15 is 0 Å². The van der Waals surface area contributed by atoms with E-state index in [1.165, 1.54) is 5.57 Å². The molecule has 0 aromatic carbocycles. The first kappa shape index (κ1) is 22.7. The summed E-state index contributed by atoms with van der Waals surface area (Å²) >= 11 is 6.56. The molecular weight excluding hydrogens is 384 g/mol. The standard InChI is InChI=1S/C22H31ClN6/c1-9-16(4)18(12-28(8)15(2)3)19-13-29-21(17(19)5)22(23)25-20(26-29)14-27(7)11-10-24-6/h10-13,16H,2,6,9,14H2,1,3-5,7-8H3/b11-10-,18-12+. The van der Waals surface area contributed by atoms with Crippen LogP contribution in [-0.2, 0) is 6.54 Å². The fourth-order valence-electron chi connectivity index (χ4n) is 3.02. The average Bonchev–Trinajstić information content (AvgIpc) is 2.99. The highest BCUT2D eigenvalue weighted by atomic mass is 35.5. The quantitative estimate of drug-likeness (QED) is 0.532. The Morgan fingerprint density at radius 2 is 2.10 bits per heavy atom. The van der Waals surface area contributed by atoms with Crippen LogP contribution in [0.25, 0.3) is 11.1 Å². The Kier molecular flexibility index (Phi) is 7.62. The van der Waals surface area contributed by atoms with Gasteiger partial charge in [-0.2, -0.15) is 5.10 Å². The number of nitrogens with zero attached hydrogens (tertiary/aromatic N) is 6. The number of rotatable bonds is 9. The minimum Gasteiger partial charge on any atom is -0.372 e. The van der Waals surface area contributed by atoms with Crippen LogP contribution in [0.2, 0.25) is 5.15 Å². The average molecular weight is 415 g/mol. The van der Waals surface area contributed by atoms with E-state index in [2.05, 4.69) is 60.2 Å². The molecule has 0 aliphatic rings. The molecule has 1 unspecified atom stereocenters. The predicted octanol–water partition coefficient (Wildman–Crippen LogP) is 5.15. The van der Waals surface area contributed by atoms with Crippen LogP contribution >= 0.6 is 11.6 Å². The van der Waals surface area contributed by atoms with Crippen LogP contribution in [0.3, 0.4) is 0 Å². The molecular formula is C22H31ClN6. The van der Waals surface area contributed by atoms with Crippen LogP contribution < -0.4 is 0 Å². The van der Waals surface area contributed by atoms with Crippen LogP contribution in [0, 0.1) is 12.8 Å². The van der Waals surface area contributed by atoms with Crippen LogP contribution in [0.5, 0.6) is 0 Å². The van der Waals surface area contributed by atoms with Gasteiger partial charge >= 0.3 is 0 Å². The third-order valence-corrected chi connectivity index (χ3v) is 5.36. The molecule has 0 aliphatic heterocycles. The van der Waals surface area contributed by atoms with Gasteiger partial charge in [0.1, 0.15) is 5.52 Å². The maximum Gasteiger partial charge on any atom is 0.170 e. The Balaban J connectivity index is 2.56. The molecule has 6 nitrogen and oxygen atoms in total. The number of aromatic nitrogens is 3. The van der Waals surface area contributed by atoms with Gasteiger partial charge in [-0.15, -0.1) is 0 Å². The summed E-state index contributed by atoms with van der Waals surface area (Å²) < 4.78 is 1.84. The van der Waals surface area contributed by atoms with Crippen molar-refractivity contribution in [3.63, 3.8) is 0 Å². The van der Waals surface area contributed by atoms with Gasteiger partial charge in [0.2, 0.25) is 0 Å². The Morgan fingerprint density at radius 3 is 2.69 bits per heavy atom. The summed E-state index contributed by atoms with van der Waals surface area (Å²) in [5.74, 6) is 1.01. The summed E-state index contributed by atoms with van der Waals surface area (Å²) in [5, 5.41) is 5.14. The zero-order chi connectivity index (χ0) is 21.7. The molecule has 0 N–H and O–H groups in total. The Hall–Kier alpha value is -2.60. The molecule has 2 rings (SSSR count). The summed E-state index contributed by atoms with van der Waals surface area (Å²) in [6.45, 7) is 16.5. The van der Waals surface area contributed by atoms with Crippen LogP contribution in [0.4, 0.5) is 0 Å². The molecule has 2 heterocycles. The smallest absolute Gasteiger partial charge is 0.170 e. The summed E-state index contributed by atoms with van der Waals surface area (Å²) in [5.41, 5.74) is 5.26. The third kappa shape index (κ3) is 5.26. The Labute approximate surface area is 178 Å². The van der Waals surface area contributed by atoms with Gasteiger partial charge in [0.15, 0.2) is 11.0 Å². The van der Waals surface area contributed by atoms with Gasteiger partial charge in [0.05, 0.1) is 6.54 Å². The number of hydrogen-bond donors (Lipinski definition) is 0. The zero-order valence-corrected chi connectivity index (χ0v) is 19.0. The van der Waals surface area contributed by atoms with Gasteiger partial charge in [-0.25, -0.2) is 9.50 Å². The monoisotopic (exact) mass is 414 g/mol. The van der Waals surface area contributed by atoms with E-state index in [1.807, 2.05) is 42.8 Å². The molecule has 2 aromatic heterocycles. The first-order chi connectivity index (χ1) is 13.7. The van der Waals surface area contributed by atoms with E-state index in [0.717, 1.165) is 28.8 Å². The fourth-order valence-corrected chi connectivity index (χ4v) is 3.35. The largest absolute Gasteiger partial charge is 0.372 e. The van der Waals surface area contributed by atoms with E-state index < -0.39 is 0 Å². The van der Waals surface area contributed by atoms with Crippen molar-refractivity contribution >= 4 is 29.4 Å². The molecule has 156 valence electrons. The second-order valence-electron chi connectivity index (χ2n) is 7.42. The number of aliphatic imine (C=N–C) groups is 1. The van der Waals surface area contributed by atoms with E-state index in [9.17, 15) is 0 Å². The first-order valence-corrected chi connectivity index (χ1v) is 10.0. The van der Waals surface area contributed by atoms with Gasteiger partial charge in [-0.05, 0) is 44.0 Å². The molecule has 0 aliphatic carbocycles. The van der Waals surface area contributed by atoms with Crippen molar-refractivity contribution in [3.05, 3.63) is 59.2 Å². The molecule has 0 saturated heterocycles. The summed E-state index contributed by atoms with van der Waals surface area (Å²) in [4.78, 5) is 12.2. The van der Waals surface area contributed by atoms with Gasteiger partial charge in [-0.1, -0.05) is 32.0 Å². The molecule has 2 aromatic rings. The molecule has 0 fully saturated rings. The van der Waals surface area contributed by atoms with E-state index in [0.29, 0.717) is 23.4 Å². The number of hydrogen-bond acceptors (Lipinski definition) is 5. The fraction of sp³-hybridized carbons (Fsp3) is 0.409. The highest BCUT2D eigenvalue weighted by Crippen LogP contribution is 2.33. The number of fused-ring (bicyclic) bond motifs is 1. The lowest BCUT2D eigenvalue weighted by Gasteiger charge is -2.20. The van der Waals surface area contributed by atoms with E-state index in [-0.39, 0.29) is 0 Å². The third-order valence-electron chi connectivity index (χ3n) is 5.09. The summed E-state index contributed by atoms with van der Waals surface area (Å²) in [7, 11) is 3.94. The zero-order valence-electron chi connectivity index (χ0n) is 18.3. The molecule has 1 atom stereocenters. The molecule has 0 saturated carbocycles. The highest BCUT2D eigenvalue weighted by Gasteiger charge is 2.20.